The highest BCUT2D eigenvalue weighted by Gasteiger charge is 2.54. The first kappa shape index (κ1) is 22.7. The van der Waals surface area contributed by atoms with Gasteiger partial charge in [-0.2, -0.15) is 0 Å². The number of aliphatic hydroxyl groups excluding tert-OH is 1. The van der Waals surface area contributed by atoms with Crippen molar-refractivity contribution in [3.05, 3.63) is 115 Å². The second kappa shape index (κ2) is 8.79. The smallest absolute Gasteiger partial charge is 0.131 e. The Morgan fingerprint density at radius 3 is 2.32 bits per heavy atom. The van der Waals surface area contributed by atoms with Gasteiger partial charge in [0, 0.05) is 35.9 Å². The molecule has 3 fully saturated rings. The van der Waals surface area contributed by atoms with Gasteiger partial charge in [0.2, 0.25) is 0 Å². The number of aromatic nitrogens is 1. The molecule has 184 valence electrons. The zero-order valence-corrected chi connectivity index (χ0v) is 21.1. The Morgan fingerprint density at radius 1 is 0.919 bits per heavy atom. The summed E-state index contributed by atoms with van der Waals surface area (Å²) < 4.78 is 0.906. The maximum atomic E-state index is 12.1. The van der Waals surface area contributed by atoms with Crippen LogP contribution in [-0.2, 0) is 6.54 Å². The van der Waals surface area contributed by atoms with Crippen molar-refractivity contribution < 1.29 is 9.59 Å². The summed E-state index contributed by atoms with van der Waals surface area (Å²) in [6, 6.07) is 30.3. The quantitative estimate of drug-likeness (QED) is 0.162. The highest BCUT2D eigenvalue weighted by Crippen LogP contribution is 2.49. The first-order valence-corrected chi connectivity index (χ1v) is 13.6. The minimum Gasteiger partial charge on any atom is -0.382 e. The van der Waals surface area contributed by atoms with Gasteiger partial charge in [-0.05, 0) is 51.2 Å². The van der Waals surface area contributed by atoms with Gasteiger partial charge in [0.05, 0.1) is 18.6 Å². The highest BCUT2D eigenvalue weighted by molar-refractivity contribution is 6.02. The molecule has 4 aromatic carbocycles. The van der Waals surface area contributed by atoms with Gasteiger partial charge in [-0.3, -0.25) is 4.98 Å². The molecule has 5 unspecified atom stereocenters. The van der Waals surface area contributed by atoms with Gasteiger partial charge in [0.1, 0.15) is 18.7 Å². The monoisotopic (exact) mass is 485 g/mol. The molecule has 0 amide bonds. The first-order valence-electron chi connectivity index (χ1n) is 13.6. The lowest BCUT2D eigenvalue weighted by molar-refractivity contribution is -0.984. The lowest BCUT2D eigenvalue weighted by Gasteiger charge is -2.58. The van der Waals surface area contributed by atoms with Gasteiger partial charge in [0.25, 0.3) is 0 Å². The Kier molecular flexibility index (Phi) is 5.38. The Labute approximate surface area is 218 Å². The molecule has 5 atom stereocenters. The fraction of sp³-hybridized carbons (Fsp3) is 0.265. The van der Waals surface area contributed by atoms with E-state index in [0.29, 0.717) is 11.8 Å². The number of nitrogens with zero attached hydrogens (tertiary/aromatic N) is 2. The van der Waals surface area contributed by atoms with E-state index in [4.69, 9.17) is 0 Å². The van der Waals surface area contributed by atoms with Crippen molar-refractivity contribution in [3.8, 4) is 0 Å². The van der Waals surface area contributed by atoms with Crippen molar-refractivity contribution >= 4 is 32.4 Å². The van der Waals surface area contributed by atoms with Crippen molar-refractivity contribution in [1.82, 2.24) is 4.98 Å². The maximum absolute atomic E-state index is 12.1. The fourth-order valence-electron chi connectivity index (χ4n) is 7.56. The Bertz CT molecular complexity index is 1580. The zero-order chi connectivity index (χ0) is 25.0. The van der Waals surface area contributed by atoms with E-state index < -0.39 is 6.10 Å². The Hall–Kier alpha value is -3.53. The minimum atomic E-state index is -0.539. The molecular formula is C34H33N2O+. The number of benzene rings is 4. The van der Waals surface area contributed by atoms with Crippen molar-refractivity contribution in [2.45, 2.75) is 31.5 Å². The van der Waals surface area contributed by atoms with Gasteiger partial charge in [-0.25, -0.2) is 0 Å². The molecule has 3 saturated heterocycles. The summed E-state index contributed by atoms with van der Waals surface area (Å²) in [6.45, 7) is 7.28. The van der Waals surface area contributed by atoms with Gasteiger partial charge in [-0.1, -0.05) is 72.8 Å². The molecule has 1 N–H and O–H groups in total. The number of hydrogen-bond acceptors (Lipinski definition) is 2. The van der Waals surface area contributed by atoms with Crippen LogP contribution in [0.25, 0.3) is 32.4 Å². The predicted octanol–water partition coefficient (Wildman–Crippen LogP) is 7.19. The molecule has 2 bridgehead atoms. The first-order chi connectivity index (χ1) is 18.2. The number of piperidine rings is 3. The lowest BCUT2D eigenvalue weighted by atomic mass is 9.71. The average Bonchev–Trinajstić information content (AvgIpc) is 2.96. The molecule has 0 aliphatic carbocycles. The number of hydrogen-bond donors (Lipinski definition) is 1. The van der Waals surface area contributed by atoms with Crippen molar-refractivity contribution in [1.29, 1.82) is 0 Å². The molecule has 3 aliphatic heterocycles. The number of quaternary nitrogens is 1. The number of pyridine rings is 1. The third-order valence-corrected chi connectivity index (χ3v) is 9.40. The number of para-hydroxylation sites is 1. The van der Waals surface area contributed by atoms with E-state index in [1.807, 2.05) is 30.5 Å². The molecule has 8 rings (SSSR count). The molecule has 3 nitrogen and oxygen atoms in total. The molecule has 1 aromatic heterocycles. The van der Waals surface area contributed by atoms with E-state index in [9.17, 15) is 5.11 Å². The Balaban J connectivity index is 1.39. The van der Waals surface area contributed by atoms with Crippen LogP contribution >= 0.6 is 0 Å². The largest absolute Gasteiger partial charge is 0.382 e. The van der Waals surface area contributed by atoms with E-state index in [-0.39, 0.29) is 6.04 Å². The van der Waals surface area contributed by atoms with Crippen LogP contribution in [0.3, 0.4) is 0 Å². The lowest BCUT2D eigenvalue weighted by Crippen LogP contribution is -2.67. The number of aliphatic hydroxyl groups is 1. The van der Waals surface area contributed by atoms with Crippen LogP contribution < -0.4 is 0 Å². The van der Waals surface area contributed by atoms with Crippen LogP contribution in [0.4, 0.5) is 0 Å². The molecule has 5 aromatic rings. The second-order valence-corrected chi connectivity index (χ2v) is 11.2. The van der Waals surface area contributed by atoms with E-state index in [1.165, 1.54) is 33.5 Å². The molecule has 0 spiro atoms. The number of rotatable bonds is 5. The van der Waals surface area contributed by atoms with Crippen molar-refractivity contribution in [2.24, 2.45) is 11.8 Å². The van der Waals surface area contributed by atoms with Crippen LogP contribution in [0, 0.1) is 11.8 Å². The Morgan fingerprint density at radius 2 is 1.59 bits per heavy atom. The molecule has 0 radical (unpaired) electrons. The molecule has 37 heavy (non-hydrogen) atoms. The summed E-state index contributed by atoms with van der Waals surface area (Å²) in [6.07, 6.45) is 5.72. The van der Waals surface area contributed by atoms with Crippen molar-refractivity contribution in [3.63, 3.8) is 0 Å². The predicted molar refractivity (Wildman–Crippen MR) is 152 cm³/mol. The standard InChI is InChI=1S/C34H33N2O/c1-2-23-21-36(22-31-27-11-5-3-9-25(27)19-26-10-4-6-12-28(26)31)18-16-24(23)20-33(36)34(37)30-15-17-35-32-14-8-7-13-29(30)32/h2-15,17,19,23-24,33-34,37H,1,16,18,20-22H2/q+1. The molecular weight excluding hydrogens is 452 g/mol. The van der Waals surface area contributed by atoms with Gasteiger partial charge >= 0.3 is 0 Å². The van der Waals surface area contributed by atoms with E-state index in [2.05, 4.69) is 78.3 Å². The topological polar surface area (TPSA) is 33.1 Å². The second-order valence-electron chi connectivity index (χ2n) is 11.2. The third kappa shape index (κ3) is 3.60. The SMILES string of the molecule is C=CC1C[N+]2(Cc3c4ccccc4cc4ccccc34)CCC1CC2C(O)c1ccnc2ccccc12. The average molecular weight is 486 g/mol. The summed E-state index contributed by atoms with van der Waals surface area (Å²) >= 11 is 0. The summed E-state index contributed by atoms with van der Waals surface area (Å²) in [5.74, 6) is 1.09. The maximum Gasteiger partial charge on any atom is 0.131 e. The van der Waals surface area contributed by atoms with Crippen LogP contribution in [0.5, 0.6) is 0 Å². The molecule has 3 aliphatic rings. The van der Waals surface area contributed by atoms with Crippen LogP contribution in [0.1, 0.15) is 30.1 Å². The summed E-state index contributed by atoms with van der Waals surface area (Å²) in [5, 5.41) is 18.4. The van der Waals surface area contributed by atoms with Crippen LogP contribution in [0.15, 0.2) is 104 Å². The van der Waals surface area contributed by atoms with Crippen LogP contribution in [-0.4, -0.2) is 33.7 Å². The molecule has 3 heteroatoms. The normalized spacial score (nSPS) is 26.0. The van der Waals surface area contributed by atoms with Gasteiger partial charge in [-0.15, -0.1) is 6.58 Å². The summed E-state index contributed by atoms with van der Waals surface area (Å²) in [4.78, 5) is 4.57. The van der Waals surface area contributed by atoms with Gasteiger partial charge < -0.3 is 9.59 Å². The highest BCUT2D eigenvalue weighted by atomic mass is 16.3. The van der Waals surface area contributed by atoms with E-state index in [0.717, 1.165) is 47.0 Å². The zero-order valence-electron chi connectivity index (χ0n) is 21.1. The van der Waals surface area contributed by atoms with Gasteiger partial charge in [0.15, 0.2) is 0 Å². The number of fused-ring (bicyclic) bond motifs is 6. The molecule has 0 saturated carbocycles. The summed E-state index contributed by atoms with van der Waals surface area (Å²) in [7, 11) is 0. The third-order valence-electron chi connectivity index (χ3n) is 9.40. The summed E-state index contributed by atoms with van der Waals surface area (Å²) in [5.41, 5.74) is 3.37. The molecule has 4 heterocycles. The minimum absolute atomic E-state index is 0.137. The van der Waals surface area contributed by atoms with E-state index >= 15 is 0 Å². The van der Waals surface area contributed by atoms with E-state index in [1.54, 1.807) is 0 Å². The van der Waals surface area contributed by atoms with Crippen molar-refractivity contribution in [2.75, 3.05) is 13.1 Å². The van der Waals surface area contributed by atoms with Crippen LogP contribution in [0.2, 0.25) is 0 Å². The fourth-order valence-corrected chi connectivity index (χ4v) is 7.56.